The maximum Gasteiger partial charge on any atom is 0.183 e. The van der Waals surface area contributed by atoms with E-state index in [-0.39, 0.29) is 0 Å². The lowest BCUT2D eigenvalue weighted by molar-refractivity contribution is 0.211. The fraction of sp³-hybridized carbons (Fsp3) is 0.250. The molecule has 0 bridgehead atoms. The first-order valence-corrected chi connectivity index (χ1v) is 6.98. The summed E-state index contributed by atoms with van der Waals surface area (Å²) in [6.07, 6.45) is 0. The topological polar surface area (TPSA) is 34.1 Å². The first-order chi connectivity index (χ1) is 8.72. The zero-order valence-electron chi connectivity index (χ0n) is 9.74. The highest BCUT2D eigenvalue weighted by atomic mass is 35.5. The van der Waals surface area contributed by atoms with Crippen LogP contribution in [0.1, 0.15) is 0 Å². The molecule has 0 aliphatic rings. The molecule has 3 nitrogen and oxygen atoms in total. The van der Waals surface area contributed by atoms with Gasteiger partial charge in [0.15, 0.2) is 5.13 Å². The van der Waals surface area contributed by atoms with E-state index < -0.39 is 0 Å². The van der Waals surface area contributed by atoms with Gasteiger partial charge in [-0.1, -0.05) is 35.3 Å². The van der Waals surface area contributed by atoms with Crippen LogP contribution < -0.4 is 5.32 Å². The monoisotopic (exact) mass is 302 g/mol. The number of methoxy groups -OCH3 is 1. The van der Waals surface area contributed by atoms with Crippen LogP contribution >= 0.6 is 34.5 Å². The van der Waals surface area contributed by atoms with Crippen molar-refractivity contribution in [1.29, 1.82) is 0 Å². The normalized spacial score (nSPS) is 10.6. The number of anilines is 1. The molecule has 1 aromatic heterocycles. The lowest BCUT2D eigenvalue weighted by Gasteiger charge is -2.02. The molecule has 0 unspecified atom stereocenters. The number of halogens is 2. The van der Waals surface area contributed by atoms with Crippen LogP contribution in [0.2, 0.25) is 10.0 Å². The third-order valence-corrected chi connectivity index (χ3v) is 3.93. The Bertz CT molecular complexity index is 531. The van der Waals surface area contributed by atoms with Crippen molar-refractivity contribution in [3.8, 4) is 11.3 Å². The minimum atomic E-state index is 0.535. The van der Waals surface area contributed by atoms with E-state index in [1.54, 1.807) is 13.2 Å². The number of nitrogens with zero attached hydrogens (tertiary/aromatic N) is 1. The third kappa shape index (κ3) is 3.14. The number of hydrogen-bond donors (Lipinski definition) is 1. The van der Waals surface area contributed by atoms with Gasteiger partial charge in [0.1, 0.15) is 0 Å². The molecule has 0 aliphatic carbocycles. The molecule has 0 radical (unpaired) electrons. The second-order valence-electron chi connectivity index (χ2n) is 3.56. The fourth-order valence-corrected chi connectivity index (χ4v) is 2.58. The van der Waals surface area contributed by atoms with Crippen LogP contribution in [-0.4, -0.2) is 25.2 Å². The first-order valence-electron chi connectivity index (χ1n) is 5.35. The largest absolute Gasteiger partial charge is 0.383 e. The van der Waals surface area contributed by atoms with Gasteiger partial charge in [0.05, 0.1) is 22.3 Å². The van der Waals surface area contributed by atoms with E-state index in [0.717, 1.165) is 22.9 Å². The van der Waals surface area contributed by atoms with Gasteiger partial charge in [-0.3, -0.25) is 0 Å². The Morgan fingerprint density at radius 3 is 3.00 bits per heavy atom. The van der Waals surface area contributed by atoms with Crippen molar-refractivity contribution in [2.45, 2.75) is 0 Å². The molecule has 2 aromatic rings. The summed E-state index contributed by atoms with van der Waals surface area (Å²) in [5.41, 5.74) is 1.67. The van der Waals surface area contributed by atoms with Crippen LogP contribution in [0.4, 0.5) is 5.13 Å². The molecule has 0 spiro atoms. The number of hydrogen-bond acceptors (Lipinski definition) is 4. The van der Waals surface area contributed by atoms with Crippen LogP contribution in [-0.2, 0) is 4.74 Å². The highest BCUT2D eigenvalue weighted by Crippen LogP contribution is 2.34. The zero-order valence-corrected chi connectivity index (χ0v) is 12.1. The lowest BCUT2D eigenvalue weighted by atomic mass is 10.2. The summed E-state index contributed by atoms with van der Waals surface area (Å²) in [5, 5.41) is 7.05. The standard InChI is InChI=1S/C12H12Cl2N2OS/c1-17-6-5-15-12-16-10(7-18-12)8-3-2-4-9(13)11(8)14/h2-4,7H,5-6H2,1H3,(H,15,16). The van der Waals surface area contributed by atoms with Crippen molar-refractivity contribution in [2.75, 3.05) is 25.6 Å². The molecule has 6 heteroatoms. The van der Waals surface area contributed by atoms with Gasteiger partial charge in [0, 0.05) is 24.6 Å². The zero-order chi connectivity index (χ0) is 13.0. The molecule has 0 aliphatic heterocycles. The quantitative estimate of drug-likeness (QED) is 0.842. The van der Waals surface area contributed by atoms with Gasteiger partial charge < -0.3 is 10.1 Å². The van der Waals surface area contributed by atoms with Gasteiger partial charge >= 0.3 is 0 Å². The molecule has 1 N–H and O–H groups in total. The Hall–Kier alpha value is -0.810. The second-order valence-corrected chi connectivity index (χ2v) is 5.20. The van der Waals surface area contributed by atoms with Crippen molar-refractivity contribution >= 4 is 39.7 Å². The van der Waals surface area contributed by atoms with Crippen LogP contribution in [0.3, 0.4) is 0 Å². The summed E-state index contributed by atoms with van der Waals surface area (Å²) in [4.78, 5) is 4.46. The van der Waals surface area contributed by atoms with Gasteiger partial charge in [-0.25, -0.2) is 4.98 Å². The Labute approximate surface area is 120 Å². The number of benzene rings is 1. The van der Waals surface area contributed by atoms with E-state index in [9.17, 15) is 0 Å². The van der Waals surface area contributed by atoms with Gasteiger partial charge in [-0.05, 0) is 6.07 Å². The predicted molar refractivity (Wildman–Crippen MR) is 77.9 cm³/mol. The highest BCUT2D eigenvalue weighted by molar-refractivity contribution is 7.14. The highest BCUT2D eigenvalue weighted by Gasteiger charge is 2.10. The van der Waals surface area contributed by atoms with Crippen molar-refractivity contribution < 1.29 is 4.74 Å². The summed E-state index contributed by atoms with van der Waals surface area (Å²) < 4.78 is 4.97. The molecule has 0 fully saturated rings. The van der Waals surface area contributed by atoms with Crippen LogP contribution in [0.5, 0.6) is 0 Å². The van der Waals surface area contributed by atoms with E-state index >= 15 is 0 Å². The predicted octanol–water partition coefficient (Wildman–Crippen LogP) is 4.18. The van der Waals surface area contributed by atoms with Crippen molar-refractivity contribution in [3.05, 3.63) is 33.6 Å². The lowest BCUT2D eigenvalue weighted by Crippen LogP contribution is -2.07. The molecule has 0 amide bonds. The second kappa shape index (κ2) is 6.38. The number of ether oxygens (including phenoxy) is 1. The van der Waals surface area contributed by atoms with Crippen molar-refractivity contribution in [3.63, 3.8) is 0 Å². The van der Waals surface area contributed by atoms with E-state index in [1.807, 2.05) is 17.5 Å². The summed E-state index contributed by atoms with van der Waals surface area (Å²) in [6, 6.07) is 5.53. The molecule has 0 saturated heterocycles. The van der Waals surface area contributed by atoms with Crippen molar-refractivity contribution in [1.82, 2.24) is 4.98 Å². The summed E-state index contributed by atoms with van der Waals surface area (Å²) in [5.74, 6) is 0. The molecule has 18 heavy (non-hydrogen) atoms. The Morgan fingerprint density at radius 2 is 2.22 bits per heavy atom. The molecule has 0 saturated carbocycles. The van der Waals surface area contributed by atoms with Crippen LogP contribution in [0.15, 0.2) is 23.6 Å². The molecule has 96 valence electrons. The third-order valence-electron chi connectivity index (χ3n) is 2.31. The molecule has 0 atom stereocenters. The molecular weight excluding hydrogens is 291 g/mol. The van der Waals surface area contributed by atoms with Gasteiger partial charge in [-0.2, -0.15) is 0 Å². The Balaban J connectivity index is 2.16. The SMILES string of the molecule is COCCNc1nc(-c2cccc(Cl)c2Cl)cs1. The maximum absolute atomic E-state index is 6.16. The Kier molecular flexibility index (Phi) is 4.83. The number of aromatic nitrogens is 1. The minimum absolute atomic E-state index is 0.535. The number of nitrogens with one attached hydrogen (secondary N) is 1. The van der Waals surface area contributed by atoms with E-state index in [0.29, 0.717) is 16.7 Å². The van der Waals surface area contributed by atoms with Crippen molar-refractivity contribution in [2.24, 2.45) is 0 Å². The minimum Gasteiger partial charge on any atom is -0.383 e. The van der Waals surface area contributed by atoms with E-state index in [1.165, 1.54) is 11.3 Å². The summed E-state index contributed by atoms with van der Waals surface area (Å²) in [6.45, 7) is 1.37. The molecular formula is C12H12Cl2N2OS. The average molecular weight is 303 g/mol. The Morgan fingerprint density at radius 1 is 1.39 bits per heavy atom. The summed E-state index contributed by atoms with van der Waals surface area (Å²) >= 11 is 13.7. The molecule has 1 aromatic carbocycles. The van der Waals surface area contributed by atoms with E-state index in [2.05, 4.69) is 10.3 Å². The summed E-state index contributed by atoms with van der Waals surface area (Å²) in [7, 11) is 1.67. The fourth-order valence-electron chi connectivity index (χ4n) is 1.44. The smallest absolute Gasteiger partial charge is 0.183 e. The van der Waals surface area contributed by atoms with E-state index in [4.69, 9.17) is 27.9 Å². The average Bonchev–Trinajstić information content (AvgIpc) is 2.82. The van der Waals surface area contributed by atoms with Gasteiger partial charge in [0.25, 0.3) is 0 Å². The van der Waals surface area contributed by atoms with Crippen LogP contribution in [0, 0.1) is 0 Å². The first kappa shape index (κ1) is 13.6. The van der Waals surface area contributed by atoms with Gasteiger partial charge in [-0.15, -0.1) is 11.3 Å². The maximum atomic E-state index is 6.16. The molecule has 2 rings (SSSR count). The number of rotatable bonds is 5. The van der Waals surface area contributed by atoms with Crippen LogP contribution in [0.25, 0.3) is 11.3 Å². The van der Waals surface area contributed by atoms with Gasteiger partial charge in [0.2, 0.25) is 0 Å². The number of thiazole rings is 1. The molecule has 1 heterocycles.